The average molecular weight is 443 g/mol. The van der Waals surface area contributed by atoms with Crippen LogP contribution in [-0.2, 0) is 4.79 Å². The topological polar surface area (TPSA) is 114 Å². The van der Waals surface area contributed by atoms with Crippen LogP contribution in [0.1, 0.15) is 33.3 Å². The van der Waals surface area contributed by atoms with E-state index in [2.05, 4.69) is 10.6 Å². The zero-order valence-corrected chi connectivity index (χ0v) is 17.8. The van der Waals surface area contributed by atoms with Crippen LogP contribution >= 0.6 is 0 Å². The monoisotopic (exact) mass is 443 g/mol. The molecule has 2 amide bonds. The normalized spacial score (nSPS) is 11.7. The Bertz CT molecular complexity index is 1300. The summed E-state index contributed by atoms with van der Waals surface area (Å²) >= 11 is 0. The number of hydrogen-bond acceptors (Lipinski definition) is 5. The smallest absolute Gasteiger partial charge is 0.272 e. The van der Waals surface area contributed by atoms with E-state index in [0.29, 0.717) is 16.9 Å². The second-order valence-electron chi connectivity index (χ2n) is 7.54. The number of aryl methyl sites for hydroxylation is 1. The molecule has 0 fully saturated rings. The van der Waals surface area contributed by atoms with Gasteiger partial charge in [0.05, 0.1) is 11.5 Å². The summed E-state index contributed by atoms with van der Waals surface area (Å²) in [6.45, 7) is 1.29. The van der Waals surface area contributed by atoms with Crippen LogP contribution in [0.3, 0.4) is 0 Å². The number of nitro groups is 1. The van der Waals surface area contributed by atoms with Crippen molar-refractivity contribution in [2.75, 3.05) is 6.54 Å². The van der Waals surface area contributed by atoms with Crippen molar-refractivity contribution < 1.29 is 18.9 Å². The fourth-order valence-electron chi connectivity index (χ4n) is 3.59. The molecule has 1 atom stereocenters. The first-order valence-electron chi connectivity index (χ1n) is 10.3. The van der Waals surface area contributed by atoms with Crippen LogP contribution in [0.25, 0.3) is 11.0 Å². The highest BCUT2D eigenvalue weighted by Gasteiger charge is 2.21. The summed E-state index contributed by atoms with van der Waals surface area (Å²) in [5.41, 5.74) is 2.08. The fourth-order valence-corrected chi connectivity index (χ4v) is 3.59. The van der Waals surface area contributed by atoms with E-state index in [9.17, 15) is 19.7 Å². The first-order valence-corrected chi connectivity index (χ1v) is 10.3. The van der Waals surface area contributed by atoms with Crippen molar-refractivity contribution in [3.05, 3.63) is 111 Å². The van der Waals surface area contributed by atoms with Crippen LogP contribution in [-0.4, -0.2) is 23.3 Å². The van der Waals surface area contributed by atoms with Crippen molar-refractivity contribution in [1.82, 2.24) is 10.6 Å². The van der Waals surface area contributed by atoms with E-state index < -0.39 is 22.8 Å². The number of amides is 2. The zero-order valence-electron chi connectivity index (χ0n) is 17.8. The van der Waals surface area contributed by atoms with E-state index in [-0.39, 0.29) is 17.8 Å². The molecule has 0 spiro atoms. The van der Waals surface area contributed by atoms with Gasteiger partial charge in [-0.1, -0.05) is 48.5 Å². The second kappa shape index (κ2) is 9.35. The maximum Gasteiger partial charge on any atom is 0.272 e. The summed E-state index contributed by atoms with van der Waals surface area (Å²) in [7, 11) is 0. The quantitative estimate of drug-likeness (QED) is 0.327. The molecule has 8 nitrogen and oxygen atoms in total. The fraction of sp³-hybridized carbons (Fsp3) is 0.120. The predicted molar refractivity (Wildman–Crippen MR) is 123 cm³/mol. The van der Waals surface area contributed by atoms with Crippen molar-refractivity contribution in [2.24, 2.45) is 0 Å². The lowest BCUT2D eigenvalue weighted by Crippen LogP contribution is -2.39. The predicted octanol–water partition coefficient (Wildman–Crippen LogP) is 4.29. The molecule has 0 aliphatic heterocycles. The summed E-state index contributed by atoms with van der Waals surface area (Å²) in [6, 6.07) is 22.4. The third-order valence-corrected chi connectivity index (χ3v) is 5.23. The highest BCUT2D eigenvalue weighted by Crippen LogP contribution is 2.28. The molecule has 4 aromatic rings. The molecular weight excluding hydrogens is 422 g/mol. The average Bonchev–Trinajstić information content (AvgIpc) is 3.25. The van der Waals surface area contributed by atoms with Crippen LogP contribution in [0.2, 0.25) is 0 Å². The number of nitro benzene ring substituents is 1. The van der Waals surface area contributed by atoms with Gasteiger partial charge in [-0.25, -0.2) is 0 Å². The number of benzene rings is 3. The maximum absolute atomic E-state index is 12.7. The van der Waals surface area contributed by atoms with Gasteiger partial charge in [0.2, 0.25) is 5.91 Å². The van der Waals surface area contributed by atoms with Gasteiger partial charge in [0.25, 0.3) is 11.6 Å². The lowest BCUT2D eigenvalue weighted by atomic mass is 10.0. The van der Waals surface area contributed by atoms with Gasteiger partial charge >= 0.3 is 0 Å². The Kier molecular flexibility index (Phi) is 6.17. The molecule has 3 aromatic carbocycles. The lowest BCUT2D eigenvalue weighted by Gasteiger charge is -2.17. The van der Waals surface area contributed by atoms with E-state index in [1.165, 1.54) is 18.2 Å². The van der Waals surface area contributed by atoms with Gasteiger partial charge < -0.3 is 15.1 Å². The molecule has 2 N–H and O–H groups in total. The molecule has 0 saturated heterocycles. The number of fused-ring (bicyclic) bond motifs is 1. The third-order valence-electron chi connectivity index (χ3n) is 5.23. The van der Waals surface area contributed by atoms with Gasteiger partial charge in [-0.3, -0.25) is 19.7 Å². The van der Waals surface area contributed by atoms with Crippen LogP contribution in [0.4, 0.5) is 5.69 Å². The summed E-state index contributed by atoms with van der Waals surface area (Å²) in [5.74, 6) is -0.326. The highest BCUT2D eigenvalue weighted by molar-refractivity contribution is 5.97. The van der Waals surface area contributed by atoms with Crippen molar-refractivity contribution >= 4 is 28.5 Å². The number of para-hydroxylation sites is 1. The van der Waals surface area contributed by atoms with Crippen molar-refractivity contribution in [1.29, 1.82) is 0 Å². The minimum atomic E-state index is -0.537. The summed E-state index contributed by atoms with van der Waals surface area (Å²) < 4.78 is 5.97. The molecule has 1 unspecified atom stereocenters. The van der Waals surface area contributed by atoms with Crippen LogP contribution < -0.4 is 10.6 Å². The Morgan fingerprint density at radius 1 is 1.00 bits per heavy atom. The molecule has 0 saturated carbocycles. The Labute approximate surface area is 189 Å². The molecule has 0 bridgehead atoms. The molecule has 1 heterocycles. The minimum absolute atomic E-state index is 0.0687. The van der Waals surface area contributed by atoms with E-state index in [1.807, 2.05) is 60.7 Å². The number of carbonyl (C=O) groups excluding carboxylic acids is 2. The molecule has 33 heavy (non-hydrogen) atoms. The molecule has 166 valence electrons. The highest BCUT2D eigenvalue weighted by atomic mass is 16.6. The van der Waals surface area contributed by atoms with Crippen LogP contribution in [0.5, 0.6) is 0 Å². The number of furan rings is 1. The lowest BCUT2D eigenvalue weighted by molar-refractivity contribution is -0.385. The van der Waals surface area contributed by atoms with Crippen molar-refractivity contribution in [3.63, 3.8) is 0 Å². The number of hydrogen-bond donors (Lipinski definition) is 2. The molecular formula is C25H21N3O5. The van der Waals surface area contributed by atoms with Gasteiger partial charge in [-0.05, 0) is 36.8 Å². The van der Waals surface area contributed by atoms with Gasteiger partial charge in [0.1, 0.15) is 17.4 Å². The Hall–Kier alpha value is -4.46. The van der Waals surface area contributed by atoms with Gasteiger partial charge in [0.15, 0.2) is 0 Å². The van der Waals surface area contributed by atoms with Crippen LogP contribution in [0.15, 0.2) is 83.3 Å². The zero-order chi connectivity index (χ0) is 23.4. The number of rotatable bonds is 7. The first kappa shape index (κ1) is 21.8. The molecule has 4 rings (SSSR count). The number of carbonyl (C=O) groups is 2. The summed E-state index contributed by atoms with van der Waals surface area (Å²) in [6.07, 6.45) is 0. The van der Waals surface area contributed by atoms with E-state index in [0.717, 1.165) is 10.9 Å². The minimum Gasteiger partial charge on any atom is -0.459 e. The van der Waals surface area contributed by atoms with E-state index in [1.54, 1.807) is 6.92 Å². The Balaban J connectivity index is 1.48. The Morgan fingerprint density at radius 3 is 2.42 bits per heavy atom. The molecule has 0 radical (unpaired) electrons. The SMILES string of the molecule is Cc1cc(C(=O)NCC(=O)NC(c2ccccc2)c2cc3ccccc3o2)ccc1[N+](=O)[O-]. The maximum atomic E-state index is 12.7. The van der Waals surface area contributed by atoms with E-state index in [4.69, 9.17) is 4.42 Å². The van der Waals surface area contributed by atoms with Gasteiger partial charge in [-0.15, -0.1) is 0 Å². The summed E-state index contributed by atoms with van der Waals surface area (Å²) in [4.78, 5) is 35.6. The first-order chi connectivity index (χ1) is 15.9. The van der Waals surface area contributed by atoms with Crippen LogP contribution in [0, 0.1) is 17.0 Å². The number of nitrogens with zero attached hydrogens (tertiary/aromatic N) is 1. The second-order valence-corrected chi connectivity index (χ2v) is 7.54. The molecule has 0 aliphatic carbocycles. The van der Waals surface area contributed by atoms with E-state index >= 15 is 0 Å². The standard InChI is InChI=1S/C25H21N3O5/c1-16-13-19(11-12-20(16)28(31)32)25(30)26-15-23(29)27-24(17-7-3-2-4-8-17)22-14-18-9-5-6-10-21(18)33-22/h2-14,24H,15H2,1H3,(H,26,30)(H,27,29). The largest absolute Gasteiger partial charge is 0.459 e. The molecule has 1 aromatic heterocycles. The van der Waals surface area contributed by atoms with Gasteiger partial charge in [-0.2, -0.15) is 0 Å². The van der Waals surface area contributed by atoms with Crippen molar-refractivity contribution in [2.45, 2.75) is 13.0 Å². The Morgan fingerprint density at radius 2 is 1.73 bits per heavy atom. The third kappa shape index (κ3) is 4.90. The molecule has 8 heteroatoms. The number of nitrogens with one attached hydrogen (secondary N) is 2. The van der Waals surface area contributed by atoms with Gasteiger partial charge in [0, 0.05) is 22.6 Å². The summed E-state index contributed by atoms with van der Waals surface area (Å²) in [5, 5.41) is 17.4. The van der Waals surface area contributed by atoms with Crippen molar-refractivity contribution in [3.8, 4) is 0 Å². The molecule has 0 aliphatic rings.